The van der Waals surface area contributed by atoms with Crippen LogP contribution in [0.25, 0.3) is 32.9 Å². The Morgan fingerprint density at radius 1 is 0.967 bits per heavy atom. The van der Waals surface area contributed by atoms with Crippen molar-refractivity contribution in [3.63, 3.8) is 0 Å². The topological polar surface area (TPSA) is 57.7 Å². The maximum Gasteiger partial charge on any atom is 0.450 e. The molecule has 1 N–H and O–H groups in total. The van der Waals surface area contributed by atoms with E-state index in [0.29, 0.717) is 10.8 Å². The number of benzene rings is 3. The lowest BCUT2D eigenvalue weighted by Gasteiger charge is -2.19. The van der Waals surface area contributed by atoms with Gasteiger partial charge in [-0.1, -0.05) is 54.3 Å². The van der Waals surface area contributed by atoms with Crippen molar-refractivity contribution in [1.29, 1.82) is 0 Å². The van der Waals surface area contributed by atoms with Gasteiger partial charge < -0.3 is 14.4 Å². The smallest absolute Gasteiger partial charge is 0.450 e. The van der Waals surface area contributed by atoms with E-state index in [4.69, 9.17) is 4.42 Å². The molecule has 0 saturated heterocycles. The largest absolute Gasteiger partial charge is 0.872 e. The zero-order chi connectivity index (χ0) is 21.6. The third kappa shape index (κ3) is 3.31. The van der Waals surface area contributed by atoms with Gasteiger partial charge in [-0.2, -0.15) is 13.2 Å². The van der Waals surface area contributed by atoms with Gasteiger partial charge in [-0.15, -0.1) is 0 Å². The van der Waals surface area contributed by atoms with Crippen molar-refractivity contribution in [2.45, 2.75) is 12.7 Å². The molecule has 4 nitrogen and oxygen atoms in total. The third-order valence-electron chi connectivity index (χ3n) is 4.97. The molecule has 1 aromatic heterocycles. The minimum atomic E-state index is -4.92. The first-order valence-corrected chi connectivity index (χ1v) is 9.32. The van der Waals surface area contributed by atoms with Gasteiger partial charge in [0, 0.05) is 5.56 Å². The number of alkyl halides is 3. The summed E-state index contributed by atoms with van der Waals surface area (Å²) in [4.78, 5) is 14.1. The molecule has 0 bridgehead atoms. The fourth-order valence-corrected chi connectivity index (χ4v) is 3.70. The molecular formula is C23H18F3NO3. The van der Waals surface area contributed by atoms with Crippen molar-refractivity contribution >= 4 is 21.7 Å². The van der Waals surface area contributed by atoms with E-state index in [1.807, 2.05) is 0 Å². The highest BCUT2D eigenvalue weighted by molar-refractivity contribution is 5.99. The van der Waals surface area contributed by atoms with Gasteiger partial charge in [0.1, 0.15) is 12.1 Å². The molecular weight excluding hydrogens is 395 g/mol. The minimum Gasteiger partial charge on any atom is -0.872 e. The van der Waals surface area contributed by atoms with Gasteiger partial charge in [0.05, 0.1) is 25.0 Å². The Bertz CT molecular complexity index is 1320. The van der Waals surface area contributed by atoms with Crippen LogP contribution in [-0.4, -0.2) is 14.1 Å². The molecule has 1 heterocycles. The van der Waals surface area contributed by atoms with Crippen LogP contribution in [0.4, 0.5) is 13.2 Å². The molecule has 0 atom stereocenters. The molecule has 4 rings (SSSR count). The van der Waals surface area contributed by atoms with E-state index < -0.39 is 28.7 Å². The molecule has 0 fully saturated rings. The second kappa shape index (κ2) is 7.18. The summed E-state index contributed by atoms with van der Waals surface area (Å²) in [6, 6.07) is 14.2. The molecule has 4 aromatic rings. The summed E-state index contributed by atoms with van der Waals surface area (Å²) in [5.41, 5.74) is -1.46. The summed E-state index contributed by atoms with van der Waals surface area (Å²) in [5, 5.41) is 13.5. The van der Waals surface area contributed by atoms with Crippen molar-refractivity contribution in [3.8, 4) is 16.9 Å². The van der Waals surface area contributed by atoms with Crippen LogP contribution in [0.5, 0.6) is 5.75 Å². The second-order valence-corrected chi connectivity index (χ2v) is 7.46. The van der Waals surface area contributed by atoms with Gasteiger partial charge in [-0.05, 0) is 22.4 Å². The van der Waals surface area contributed by atoms with Crippen LogP contribution in [0.1, 0.15) is 11.3 Å². The standard InChI is InChI=1S/C23H18F3NO3/c1-27(2)12-17-18(28)11-10-16-20(29)19(22(23(24,25)26)30-21(16)17)15-9-5-7-13-6-3-4-8-14(13)15/h3-11,28H,12H2,1-2H3. The molecule has 3 aromatic carbocycles. The highest BCUT2D eigenvalue weighted by atomic mass is 19.4. The Kier molecular flexibility index (Phi) is 4.78. The molecule has 0 aliphatic carbocycles. The monoisotopic (exact) mass is 413 g/mol. The van der Waals surface area contributed by atoms with Crippen LogP contribution < -0.4 is 15.4 Å². The minimum absolute atomic E-state index is 0.0400. The molecule has 7 heteroatoms. The molecule has 0 aliphatic rings. The fraction of sp³-hybridized carbons (Fsp3) is 0.174. The average molecular weight is 413 g/mol. The lowest BCUT2D eigenvalue weighted by atomic mass is 9.95. The quantitative estimate of drug-likeness (QED) is 0.561. The normalized spacial score (nSPS) is 12.2. The van der Waals surface area contributed by atoms with Crippen LogP contribution in [0.3, 0.4) is 0 Å². The summed E-state index contributed by atoms with van der Waals surface area (Å²) in [5.74, 6) is -1.85. The SMILES string of the molecule is C[NH+](C)Cc1c([O-])ccc2c(=O)c(-c3cccc4ccccc34)c(C(F)(F)F)oc12. The summed E-state index contributed by atoms with van der Waals surface area (Å²) in [6.07, 6.45) is -4.92. The summed E-state index contributed by atoms with van der Waals surface area (Å²) in [6.45, 7) is 0.129. The Morgan fingerprint density at radius 3 is 2.37 bits per heavy atom. The van der Waals surface area contributed by atoms with E-state index in [9.17, 15) is 23.1 Å². The van der Waals surface area contributed by atoms with Crippen molar-refractivity contribution in [1.82, 2.24) is 0 Å². The number of quaternary nitrogens is 1. The van der Waals surface area contributed by atoms with E-state index in [1.165, 1.54) is 18.2 Å². The van der Waals surface area contributed by atoms with Crippen LogP contribution in [0.2, 0.25) is 0 Å². The maximum atomic E-state index is 14.0. The predicted octanol–water partition coefficient (Wildman–Crippen LogP) is 3.35. The number of hydrogen-bond donors (Lipinski definition) is 1. The van der Waals surface area contributed by atoms with E-state index in [0.717, 1.165) is 4.90 Å². The van der Waals surface area contributed by atoms with Crippen LogP contribution in [0, 0.1) is 0 Å². The summed E-state index contributed by atoms with van der Waals surface area (Å²) < 4.78 is 47.4. The van der Waals surface area contributed by atoms with Crippen LogP contribution >= 0.6 is 0 Å². The lowest BCUT2D eigenvalue weighted by molar-refractivity contribution is -0.872. The molecule has 30 heavy (non-hydrogen) atoms. The van der Waals surface area contributed by atoms with Gasteiger partial charge in [0.25, 0.3) is 0 Å². The van der Waals surface area contributed by atoms with E-state index in [1.54, 1.807) is 50.5 Å². The maximum absolute atomic E-state index is 14.0. The predicted molar refractivity (Wildman–Crippen MR) is 106 cm³/mol. The van der Waals surface area contributed by atoms with Crippen LogP contribution in [0.15, 0.2) is 63.8 Å². The number of rotatable bonds is 3. The van der Waals surface area contributed by atoms with Crippen molar-refractivity contribution in [3.05, 3.63) is 76.1 Å². The average Bonchev–Trinajstić information content (AvgIpc) is 2.69. The van der Waals surface area contributed by atoms with Gasteiger partial charge in [0.15, 0.2) is 0 Å². The number of nitrogens with one attached hydrogen (secondary N) is 1. The first-order chi connectivity index (χ1) is 14.2. The second-order valence-electron chi connectivity index (χ2n) is 7.46. The molecule has 154 valence electrons. The third-order valence-corrected chi connectivity index (χ3v) is 4.97. The molecule has 0 amide bonds. The Balaban J connectivity index is 2.16. The van der Waals surface area contributed by atoms with Crippen molar-refractivity contribution in [2.75, 3.05) is 14.1 Å². The van der Waals surface area contributed by atoms with Crippen molar-refractivity contribution < 1.29 is 27.6 Å². The Morgan fingerprint density at radius 2 is 1.67 bits per heavy atom. The highest BCUT2D eigenvalue weighted by Gasteiger charge is 2.40. The molecule has 0 aliphatic heterocycles. The van der Waals surface area contributed by atoms with Gasteiger partial charge in [0.2, 0.25) is 11.2 Å². The number of halogens is 3. The van der Waals surface area contributed by atoms with Gasteiger partial charge >= 0.3 is 6.18 Å². The van der Waals surface area contributed by atoms with E-state index in [-0.39, 0.29) is 28.6 Å². The first-order valence-electron chi connectivity index (χ1n) is 9.32. The molecule has 0 spiro atoms. The molecule has 0 unspecified atom stereocenters. The van der Waals surface area contributed by atoms with E-state index >= 15 is 0 Å². The number of hydrogen-bond acceptors (Lipinski definition) is 3. The fourth-order valence-electron chi connectivity index (χ4n) is 3.70. The Hall–Kier alpha value is -3.32. The highest BCUT2D eigenvalue weighted by Crippen LogP contribution is 2.40. The van der Waals surface area contributed by atoms with Crippen LogP contribution in [-0.2, 0) is 12.7 Å². The zero-order valence-corrected chi connectivity index (χ0v) is 16.3. The zero-order valence-electron chi connectivity index (χ0n) is 16.3. The number of fused-ring (bicyclic) bond motifs is 2. The van der Waals surface area contributed by atoms with Gasteiger partial charge in [-0.3, -0.25) is 4.79 Å². The summed E-state index contributed by atoms with van der Waals surface area (Å²) >= 11 is 0. The Labute approximate surface area is 169 Å². The van der Waals surface area contributed by atoms with E-state index in [2.05, 4.69) is 0 Å². The van der Waals surface area contributed by atoms with Crippen molar-refractivity contribution in [2.24, 2.45) is 0 Å². The summed E-state index contributed by atoms with van der Waals surface area (Å²) in [7, 11) is 3.51. The molecule has 0 radical (unpaired) electrons. The molecule has 0 saturated carbocycles. The lowest BCUT2D eigenvalue weighted by Crippen LogP contribution is -3.04. The first kappa shape index (κ1) is 20.0. The van der Waals surface area contributed by atoms with Gasteiger partial charge in [-0.25, -0.2) is 0 Å².